The highest BCUT2D eigenvalue weighted by Crippen LogP contribution is 2.21. The first-order valence-electron chi connectivity index (χ1n) is 7.61. The summed E-state index contributed by atoms with van der Waals surface area (Å²) >= 11 is 0. The Kier molecular flexibility index (Phi) is 7.62. The highest BCUT2D eigenvalue weighted by molar-refractivity contribution is 7.90. The largest absolute Gasteiger partial charge is 0.481 e. The van der Waals surface area contributed by atoms with Crippen molar-refractivity contribution >= 4 is 16.0 Å². The van der Waals surface area contributed by atoms with Gasteiger partial charge in [0.25, 0.3) is 0 Å². The molecule has 1 fully saturated rings. The molecule has 0 spiro atoms. The molecule has 0 aromatic rings. The van der Waals surface area contributed by atoms with Gasteiger partial charge >= 0.3 is 5.97 Å². The number of hydrogen-bond acceptors (Lipinski definition) is 4. The second-order valence-electron chi connectivity index (χ2n) is 5.98. The molecule has 124 valence electrons. The number of nitrogens with one attached hydrogen (secondary N) is 1. The zero-order valence-corrected chi connectivity index (χ0v) is 13.7. The number of aliphatic carboxylic acids is 1. The fourth-order valence-corrected chi connectivity index (χ4v) is 4.06. The van der Waals surface area contributed by atoms with E-state index in [2.05, 4.69) is 4.72 Å². The number of carboxylic acid groups (broad SMARTS) is 1. The molecule has 1 saturated heterocycles. The number of sulfonamides is 1. The van der Waals surface area contributed by atoms with Crippen LogP contribution in [0.15, 0.2) is 0 Å². The number of rotatable bonds is 9. The van der Waals surface area contributed by atoms with Crippen molar-refractivity contribution < 1.29 is 23.1 Å². The van der Waals surface area contributed by atoms with Crippen molar-refractivity contribution in [3.05, 3.63) is 0 Å². The van der Waals surface area contributed by atoms with Crippen LogP contribution in [0.25, 0.3) is 0 Å². The van der Waals surface area contributed by atoms with Gasteiger partial charge in [0.15, 0.2) is 0 Å². The normalized spacial score (nSPS) is 18.8. The Hall–Kier alpha value is -0.660. The Balaban J connectivity index is 2.39. The SMILES string of the molecule is CC(C)C(CCNS(=O)(=O)C1CCOCC1)CCC(=O)O. The summed E-state index contributed by atoms with van der Waals surface area (Å²) in [4.78, 5) is 10.6. The van der Waals surface area contributed by atoms with Crippen LogP contribution in [-0.4, -0.2) is 44.5 Å². The molecule has 0 aromatic carbocycles. The lowest BCUT2D eigenvalue weighted by Crippen LogP contribution is -2.39. The van der Waals surface area contributed by atoms with E-state index in [1.807, 2.05) is 13.8 Å². The molecule has 1 aliphatic heterocycles. The van der Waals surface area contributed by atoms with Gasteiger partial charge in [-0.05, 0) is 37.5 Å². The lowest BCUT2D eigenvalue weighted by atomic mass is 9.88. The van der Waals surface area contributed by atoms with Crippen molar-refractivity contribution in [2.24, 2.45) is 11.8 Å². The fourth-order valence-electron chi connectivity index (χ4n) is 2.61. The molecule has 0 aromatic heterocycles. The predicted octanol–water partition coefficient (Wildman–Crippen LogP) is 1.61. The van der Waals surface area contributed by atoms with Crippen LogP contribution in [-0.2, 0) is 19.6 Å². The van der Waals surface area contributed by atoms with E-state index < -0.39 is 16.0 Å². The highest BCUT2D eigenvalue weighted by atomic mass is 32.2. The van der Waals surface area contributed by atoms with Crippen molar-refractivity contribution in [3.63, 3.8) is 0 Å². The molecule has 1 aliphatic rings. The van der Waals surface area contributed by atoms with Gasteiger partial charge in [0.05, 0.1) is 5.25 Å². The maximum absolute atomic E-state index is 12.1. The van der Waals surface area contributed by atoms with E-state index in [4.69, 9.17) is 9.84 Å². The first-order chi connectivity index (χ1) is 9.83. The van der Waals surface area contributed by atoms with Crippen LogP contribution in [0.5, 0.6) is 0 Å². The maximum atomic E-state index is 12.1. The molecular formula is C14H27NO5S. The van der Waals surface area contributed by atoms with Crippen LogP contribution >= 0.6 is 0 Å². The van der Waals surface area contributed by atoms with Crippen molar-refractivity contribution in [2.75, 3.05) is 19.8 Å². The van der Waals surface area contributed by atoms with Gasteiger partial charge in [-0.3, -0.25) is 4.79 Å². The maximum Gasteiger partial charge on any atom is 0.303 e. The number of carbonyl (C=O) groups is 1. The Morgan fingerprint density at radius 3 is 2.43 bits per heavy atom. The van der Waals surface area contributed by atoms with Crippen molar-refractivity contribution in [2.45, 2.75) is 51.2 Å². The summed E-state index contributed by atoms with van der Waals surface area (Å²) in [5, 5.41) is 8.39. The van der Waals surface area contributed by atoms with Crippen molar-refractivity contribution in [1.29, 1.82) is 0 Å². The Bertz CT molecular complexity index is 415. The fraction of sp³-hybridized carbons (Fsp3) is 0.929. The molecule has 0 aliphatic carbocycles. The molecular weight excluding hydrogens is 294 g/mol. The summed E-state index contributed by atoms with van der Waals surface area (Å²) in [6, 6.07) is 0. The first kappa shape index (κ1) is 18.4. The summed E-state index contributed by atoms with van der Waals surface area (Å²) in [6.45, 7) is 5.46. The van der Waals surface area contributed by atoms with E-state index in [9.17, 15) is 13.2 Å². The molecule has 1 rings (SSSR count). The molecule has 0 amide bonds. The average Bonchev–Trinajstić information content (AvgIpc) is 2.42. The van der Waals surface area contributed by atoms with Gasteiger partial charge in [0.1, 0.15) is 0 Å². The third-order valence-corrected chi connectivity index (χ3v) is 6.05. The Labute approximate surface area is 127 Å². The first-order valence-corrected chi connectivity index (χ1v) is 9.15. The minimum atomic E-state index is -3.28. The molecule has 2 N–H and O–H groups in total. The summed E-state index contributed by atoms with van der Waals surface area (Å²) in [6.07, 6.45) is 2.48. The lowest BCUT2D eigenvalue weighted by Gasteiger charge is -2.24. The third-order valence-electron chi connectivity index (χ3n) is 4.10. The molecule has 1 heterocycles. The van der Waals surface area contributed by atoms with E-state index in [1.54, 1.807) is 0 Å². The second kappa shape index (κ2) is 8.70. The highest BCUT2D eigenvalue weighted by Gasteiger charge is 2.27. The van der Waals surface area contributed by atoms with Crippen LogP contribution in [0.3, 0.4) is 0 Å². The molecule has 21 heavy (non-hydrogen) atoms. The van der Waals surface area contributed by atoms with E-state index in [0.29, 0.717) is 51.4 Å². The molecule has 1 atom stereocenters. The zero-order valence-electron chi connectivity index (χ0n) is 12.9. The number of carboxylic acids is 1. The van der Waals surface area contributed by atoms with Crippen molar-refractivity contribution in [3.8, 4) is 0 Å². The van der Waals surface area contributed by atoms with E-state index >= 15 is 0 Å². The molecule has 6 nitrogen and oxygen atoms in total. The molecule has 0 radical (unpaired) electrons. The standard InChI is InChI=1S/C14H27NO5S/c1-11(2)12(3-4-14(16)17)5-8-15-21(18,19)13-6-9-20-10-7-13/h11-13,15H,3-10H2,1-2H3,(H,16,17). The quantitative estimate of drug-likeness (QED) is 0.673. The van der Waals surface area contributed by atoms with Crippen LogP contribution in [0, 0.1) is 11.8 Å². The van der Waals surface area contributed by atoms with E-state index in [0.717, 1.165) is 0 Å². The van der Waals surface area contributed by atoms with E-state index in [1.165, 1.54) is 0 Å². The van der Waals surface area contributed by atoms with Gasteiger partial charge in [-0.15, -0.1) is 0 Å². The van der Waals surface area contributed by atoms with Gasteiger partial charge in [0, 0.05) is 26.2 Å². The molecule has 7 heteroatoms. The zero-order chi connectivity index (χ0) is 15.9. The monoisotopic (exact) mass is 321 g/mol. The van der Waals surface area contributed by atoms with Gasteiger partial charge in [-0.2, -0.15) is 0 Å². The summed E-state index contributed by atoms with van der Waals surface area (Å²) < 4.78 is 32.1. The summed E-state index contributed by atoms with van der Waals surface area (Å²) in [5.74, 6) is -0.237. The summed E-state index contributed by atoms with van der Waals surface area (Å²) in [5.41, 5.74) is 0. The average molecular weight is 321 g/mol. The Morgan fingerprint density at radius 2 is 1.90 bits per heavy atom. The number of ether oxygens (including phenoxy) is 1. The number of hydrogen-bond donors (Lipinski definition) is 2. The van der Waals surface area contributed by atoms with Crippen LogP contribution in [0.1, 0.15) is 46.0 Å². The minimum Gasteiger partial charge on any atom is -0.481 e. The predicted molar refractivity (Wildman–Crippen MR) is 80.6 cm³/mol. The van der Waals surface area contributed by atoms with Crippen LogP contribution < -0.4 is 4.72 Å². The second-order valence-corrected chi connectivity index (χ2v) is 8.02. The van der Waals surface area contributed by atoms with Gasteiger partial charge < -0.3 is 9.84 Å². The topological polar surface area (TPSA) is 92.7 Å². The molecule has 0 saturated carbocycles. The van der Waals surface area contributed by atoms with E-state index in [-0.39, 0.29) is 17.6 Å². The van der Waals surface area contributed by atoms with Crippen LogP contribution in [0.4, 0.5) is 0 Å². The van der Waals surface area contributed by atoms with Gasteiger partial charge in [-0.1, -0.05) is 13.8 Å². The van der Waals surface area contributed by atoms with Gasteiger partial charge in [0.2, 0.25) is 10.0 Å². The minimum absolute atomic E-state index is 0.134. The molecule has 1 unspecified atom stereocenters. The Morgan fingerprint density at radius 1 is 1.29 bits per heavy atom. The third kappa shape index (κ3) is 6.76. The molecule has 0 bridgehead atoms. The van der Waals surface area contributed by atoms with Crippen LogP contribution in [0.2, 0.25) is 0 Å². The summed E-state index contributed by atoms with van der Waals surface area (Å²) in [7, 11) is -3.28. The van der Waals surface area contributed by atoms with Gasteiger partial charge in [-0.25, -0.2) is 13.1 Å². The van der Waals surface area contributed by atoms with Crippen molar-refractivity contribution in [1.82, 2.24) is 4.72 Å². The smallest absolute Gasteiger partial charge is 0.303 e. The lowest BCUT2D eigenvalue weighted by molar-refractivity contribution is -0.137.